The first-order valence-electron chi connectivity index (χ1n) is 6.08. The van der Waals surface area contributed by atoms with Crippen molar-refractivity contribution in [2.24, 2.45) is 0 Å². The molecule has 22 heavy (non-hydrogen) atoms. The number of aromatic nitrogens is 2. The molecule has 0 bridgehead atoms. The van der Waals surface area contributed by atoms with E-state index in [1.165, 1.54) is 23.6 Å². The standard InChI is InChI=1S/C14H11N3O3S.CH4/c1-19-10-4-2-9(3-5-10)11-8-21-14(16-11)17-13(18)12-6-7-15-20-12;/h2-8H,1H3,(H,16,17,18);1H4. The summed E-state index contributed by atoms with van der Waals surface area (Å²) in [6.07, 6.45) is 1.42. The number of carbonyl (C=O) groups excluding carboxylic acids is 1. The van der Waals surface area contributed by atoms with Crippen molar-refractivity contribution in [2.45, 2.75) is 7.43 Å². The second kappa shape index (κ2) is 6.86. The largest absolute Gasteiger partial charge is 0.497 e. The van der Waals surface area contributed by atoms with Crippen LogP contribution in [-0.4, -0.2) is 23.2 Å². The third kappa shape index (κ3) is 3.32. The number of amides is 1. The third-order valence-electron chi connectivity index (χ3n) is 2.77. The molecular weight excluding hydrogens is 302 g/mol. The quantitative estimate of drug-likeness (QED) is 0.794. The molecule has 0 aliphatic rings. The van der Waals surface area contributed by atoms with Crippen LogP contribution in [0.25, 0.3) is 11.3 Å². The van der Waals surface area contributed by atoms with Gasteiger partial charge in [0.05, 0.1) is 19.0 Å². The molecule has 3 aromatic rings. The Bertz CT molecular complexity index is 736. The van der Waals surface area contributed by atoms with Crippen molar-refractivity contribution in [3.8, 4) is 17.0 Å². The fourth-order valence-corrected chi connectivity index (χ4v) is 2.43. The summed E-state index contributed by atoms with van der Waals surface area (Å²) < 4.78 is 9.90. The summed E-state index contributed by atoms with van der Waals surface area (Å²) in [6, 6.07) is 9.04. The van der Waals surface area contributed by atoms with Gasteiger partial charge in [0, 0.05) is 17.0 Å². The van der Waals surface area contributed by atoms with Crippen LogP contribution in [0.5, 0.6) is 5.75 Å². The number of anilines is 1. The normalized spacial score (nSPS) is 9.86. The Hall–Kier alpha value is -2.67. The summed E-state index contributed by atoms with van der Waals surface area (Å²) in [5.41, 5.74) is 1.74. The summed E-state index contributed by atoms with van der Waals surface area (Å²) in [7, 11) is 1.62. The third-order valence-corrected chi connectivity index (χ3v) is 3.53. The monoisotopic (exact) mass is 317 g/mol. The molecule has 0 atom stereocenters. The molecule has 0 spiro atoms. The molecule has 0 aliphatic heterocycles. The van der Waals surface area contributed by atoms with Crippen molar-refractivity contribution in [1.29, 1.82) is 0 Å². The molecule has 0 aliphatic carbocycles. The summed E-state index contributed by atoms with van der Waals surface area (Å²) >= 11 is 1.34. The number of rotatable bonds is 4. The number of hydrogen-bond donors (Lipinski definition) is 1. The van der Waals surface area contributed by atoms with E-state index in [-0.39, 0.29) is 19.1 Å². The highest BCUT2D eigenvalue weighted by Crippen LogP contribution is 2.26. The highest BCUT2D eigenvalue weighted by Gasteiger charge is 2.12. The Morgan fingerprint density at radius 2 is 2.05 bits per heavy atom. The molecule has 2 aromatic heterocycles. The highest BCUT2D eigenvalue weighted by molar-refractivity contribution is 7.14. The van der Waals surface area contributed by atoms with Crippen molar-refractivity contribution in [3.05, 3.63) is 47.7 Å². The SMILES string of the molecule is C.COc1ccc(-c2csc(NC(=O)c3ccno3)n2)cc1. The molecule has 114 valence electrons. The molecule has 0 unspecified atom stereocenters. The first-order chi connectivity index (χ1) is 10.3. The first-order valence-corrected chi connectivity index (χ1v) is 6.96. The maximum Gasteiger partial charge on any atom is 0.296 e. The number of methoxy groups -OCH3 is 1. The number of ether oxygens (including phenoxy) is 1. The summed E-state index contributed by atoms with van der Waals surface area (Å²) in [5.74, 6) is 0.562. The summed E-state index contributed by atoms with van der Waals surface area (Å²) in [6.45, 7) is 0. The highest BCUT2D eigenvalue weighted by atomic mass is 32.1. The Morgan fingerprint density at radius 3 is 2.68 bits per heavy atom. The summed E-state index contributed by atoms with van der Waals surface area (Å²) in [4.78, 5) is 16.2. The molecule has 0 radical (unpaired) electrons. The van der Waals surface area contributed by atoms with Gasteiger partial charge in [0.2, 0.25) is 5.76 Å². The molecule has 1 aromatic carbocycles. The van der Waals surface area contributed by atoms with E-state index in [1.54, 1.807) is 7.11 Å². The van der Waals surface area contributed by atoms with Crippen LogP contribution in [0.2, 0.25) is 0 Å². The molecule has 6 nitrogen and oxygen atoms in total. The number of hydrogen-bond acceptors (Lipinski definition) is 6. The van der Waals surface area contributed by atoms with Crippen LogP contribution in [0.3, 0.4) is 0 Å². The zero-order chi connectivity index (χ0) is 14.7. The van der Waals surface area contributed by atoms with Crippen molar-refractivity contribution < 1.29 is 14.1 Å². The zero-order valence-corrected chi connectivity index (χ0v) is 11.9. The minimum atomic E-state index is -0.372. The van der Waals surface area contributed by atoms with E-state index in [0.29, 0.717) is 5.13 Å². The number of nitrogens with one attached hydrogen (secondary N) is 1. The van der Waals surface area contributed by atoms with Gasteiger partial charge in [-0.25, -0.2) is 4.98 Å². The van der Waals surface area contributed by atoms with E-state index in [4.69, 9.17) is 9.26 Å². The van der Waals surface area contributed by atoms with Crippen molar-refractivity contribution >= 4 is 22.4 Å². The minimum Gasteiger partial charge on any atom is -0.497 e. The lowest BCUT2D eigenvalue weighted by Gasteiger charge is -2.00. The van der Waals surface area contributed by atoms with Crippen molar-refractivity contribution in [3.63, 3.8) is 0 Å². The maximum absolute atomic E-state index is 11.8. The fraction of sp³-hybridized carbons (Fsp3) is 0.133. The van der Waals surface area contributed by atoms with E-state index in [2.05, 4.69) is 15.5 Å². The number of thiazole rings is 1. The Balaban J connectivity index is 0.00000176. The maximum atomic E-state index is 11.8. The van der Waals surface area contributed by atoms with Gasteiger partial charge in [0.15, 0.2) is 5.13 Å². The van der Waals surface area contributed by atoms with Gasteiger partial charge in [-0.2, -0.15) is 0 Å². The second-order valence-corrected chi connectivity index (χ2v) is 4.96. The molecule has 0 saturated heterocycles. The average Bonchev–Trinajstić information content (AvgIpc) is 3.19. The molecule has 1 amide bonds. The average molecular weight is 317 g/mol. The topological polar surface area (TPSA) is 77.2 Å². The van der Waals surface area contributed by atoms with Gasteiger partial charge in [0.25, 0.3) is 5.91 Å². The van der Waals surface area contributed by atoms with Gasteiger partial charge >= 0.3 is 0 Å². The van der Waals surface area contributed by atoms with Crippen LogP contribution in [0.15, 0.2) is 46.4 Å². The van der Waals surface area contributed by atoms with Crippen LogP contribution in [0.1, 0.15) is 18.0 Å². The zero-order valence-electron chi connectivity index (χ0n) is 11.1. The lowest BCUT2D eigenvalue weighted by molar-refractivity contribution is 0.0988. The first kappa shape index (κ1) is 15.7. The molecule has 3 rings (SSSR count). The van der Waals surface area contributed by atoms with Gasteiger partial charge in [-0.05, 0) is 24.3 Å². The molecule has 1 N–H and O–H groups in total. The van der Waals surface area contributed by atoms with Crippen molar-refractivity contribution in [1.82, 2.24) is 10.1 Å². The molecular formula is C15H15N3O3S. The Morgan fingerprint density at radius 1 is 1.27 bits per heavy atom. The van der Waals surface area contributed by atoms with Gasteiger partial charge in [0.1, 0.15) is 5.75 Å². The minimum absolute atomic E-state index is 0. The predicted molar refractivity (Wildman–Crippen MR) is 85.3 cm³/mol. The van der Waals surface area contributed by atoms with Crippen LogP contribution in [0, 0.1) is 0 Å². The second-order valence-electron chi connectivity index (χ2n) is 4.10. The molecule has 0 saturated carbocycles. The number of carbonyl (C=O) groups is 1. The smallest absolute Gasteiger partial charge is 0.296 e. The van der Waals surface area contributed by atoms with Crippen LogP contribution in [0.4, 0.5) is 5.13 Å². The molecule has 7 heteroatoms. The van der Waals surface area contributed by atoms with Crippen molar-refractivity contribution in [2.75, 3.05) is 12.4 Å². The van der Waals surface area contributed by atoms with Gasteiger partial charge in [-0.15, -0.1) is 11.3 Å². The van der Waals surface area contributed by atoms with Gasteiger partial charge in [-0.3, -0.25) is 10.1 Å². The Labute approximate surface area is 131 Å². The molecule has 2 heterocycles. The van der Waals surface area contributed by atoms with Crippen LogP contribution < -0.4 is 10.1 Å². The van der Waals surface area contributed by atoms with E-state index >= 15 is 0 Å². The van der Waals surface area contributed by atoms with E-state index < -0.39 is 0 Å². The van der Waals surface area contributed by atoms with E-state index in [1.807, 2.05) is 29.6 Å². The predicted octanol–water partition coefficient (Wildman–Crippen LogP) is 3.70. The Kier molecular flexibility index (Phi) is 4.90. The van der Waals surface area contributed by atoms with Gasteiger partial charge in [-0.1, -0.05) is 12.6 Å². The molecule has 0 fully saturated rings. The lowest BCUT2D eigenvalue weighted by atomic mass is 10.2. The number of nitrogens with zero attached hydrogens (tertiary/aromatic N) is 2. The van der Waals surface area contributed by atoms with E-state index in [9.17, 15) is 4.79 Å². The lowest BCUT2D eigenvalue weighted by Crippen LogP contribution is -2.10. The van der Waals surface area contributed by atoms with Crippen LogP contribution >= 0.6 is 11.3 Å². The van der Waals surface area contributed by atoms with Crippen LogP contribution in [-0.2, 0) is 0 Å². The summed E-state index contributed by atoms with van der Waals surface area (Å²) in [5, 5.41) is 8.53. The number of benzene rings is 1. The van der Waals surface area contributed by atoms with E-state index in [0.717, 1.165) is 17.0 Å². The fourth-order valence-electron chi connectivity index (χ4n) is 1.72. The van der Waals surface area contributed by atoms with Gasteiger partial charge < -0.3 is 9.26 Å².